The summed E-state index contributed by atoms with van der Waals surface area (Å²) in [5.74, 6) is 1.52. The highest BCUT2D eigenvalue weighted by Gasteiger charge is 2.39. The van der Waals surface area contributed by atoms with Crippen molar-refractivity contribution < 1.29 is 17.6 Å². The summed E-state index contributed by atoms with van der Waals surface area (Å²) in [4.78, 5) is 17.6. The Morgan fingerprint density at radius 1 is 1.29 bits per heavy atom. The fourth-order valence-electron chi connectivity index (χ4n) is 3.56. The van der Waals surface area contributed by atoms with Gasteiger partial charge in [0.05, 0.1) is 21.7 Å². The summed E-state index contributed by atoms with van der Waals surface area (Å²) in [5, 5.41) is 0.419. The number of hydrogen-bond donors (Lipinski definition) is 0. The van der Waals surface area contributed by atoms with Crippen LogP contribution in [0, 0.1) is 18.2 Å². The first-order chi connectivity index (χ1) is 14.8. The van der Waals surface area contributed by atoms with Gasteiger partial charge < -0.3 is 4.57 Å². The lowest BCUT2D eigenvalue weighted by Gasteiger charge is -2.21. The molecule has 1 atom stereocenters. The van der Waals surface area contributed by atoms with Crippen molar-refractivity contribution in [1.29, 1.82) is 0 Å². The van der Waals surface area contributed by atoms with Gasteiger partial charge in [0.2, 0.25) is 10.0 Å². The molecule has 2 heterocycles. The number of benzene rings is 2. The lowest BCUT2D eigenvalue weighted by molar-refractivity contribution is -0.121. The number of carbonyl (C=O) groups is 1. The molecule has 160 valence electrons. The number of carbonyl (C=O) groups excluding carboxylic acids is 1. The number of fused-ring (bicyclic) bond motifs is 1. The maximum atomic E-state index is 13.6. The number of rotatable bonds is 4. The van der Waals surface area contributed by atoms with Crippen LogP contribution in [0.1, 0.15) is 12.8 Å². The highest BCUT2D eigenvalue weighted by Crippen LogP contribution is 2.28. The number of terminal acetylenes is 1. The van der Waals surface area contributed by atoms with E-state index >= 15 is 0 Å². The van der Waals surface area contributed by atoms with Crippen LogP contribution in [0.15, 0.2) is 52.4 Å². The zero-order chi connectivity index (χ0) is 22.2. The average molecular weight is 478 g/mol. The normalized spacial score (nSPS) is 17.8. The van der Waals surface area contributed by atoms with Crippen LogP contribution < -0.4 is 4.80 Å². The third kappa shape index (κ3) is 4.16. The molecule has 0 spiro atoms. The molecule has 0 N–H and O–H groups in total. The smallest absolute Gasteiger partial charge is 0.266 e. The second-order valence-electron chi connectivity index (χ2n) is 6.96. The summed E-state index contributed by atoms with van der Waals surface area (Å²) in [7, 11) is -3.88. The number of halogens is 2. The molecular weight excluding hydrogens is 461 g/mol. The summed E-state index contributed by atoms with van der Waals surface area (Å²) in [5.41, 5.74) is 0.660. The van der Waals surface area contributed by atoms with Crippen LogP contribution >= 0.6 is 22.9 Å². The van der Waals surface area contributed by atoms with E-state index < -0.39 is 27.8 Å². The van der Waals surface area contributed by atoms with Gasteiger partial charge in [-0.05, 0) is 55.3 Å². The molecule has 4 rings (SSSR count). The highest BCUT2D eigenvalue weighted by atomic mass is 35.5. The van der Waals surface area contributed by atoms with Gasteiger partial charge >= 0.3 is 0 Å². The average Bonchev–Trinajstić information content (AvgIpc) is 3.34. The van der Waals surface area contributed by atoms with Crippen molar-refractivity contribution in [2.75, 3.05) is 6.54 Å². The molecule has 0 radical (unpaired) electrons. The third-order valence-electron chi connectivity index (χ3n) is 5.01. The topological polar surface area (TPSA) is 71.7 Å². The number of nitrogens with zero attached hydrogens (tertiary/aromatic N) is 3. The minimum absolute atomic E-state index is 0.0660. The number of thiazole rings is 1. The van der Waals surface area contributed by atoms with Gasteiger partial charge in [0.1, 0.15) is 11.9 Å². The Morgan fingerprint density at radius 2 is 2.03 bits per heavy atom. The number of sulfonamides is 1. The van der Waals surface area contributed by atoms with E-state index in [9.17, 15) is 17.6 Å². The minimum atomic E-state index is -3.88. The Labute approximate surface area is 187 Å². The van der Waals surface area contributed by atoms with Crippen LogP contribution in [0.5, 0.6) is 0 Å². The molecule has 3 aromatic rings. The molecule has 0 aliphatic carbocycles. The molecule has 0 bridgehead atoms. The van der Waals surface area contributed by atoms with Crippen molar-refractivity contribution in [1.82, 2.24) is 8.87 Å². The van der Waals surface area contributed by atoms with Crippen LogP contribution in [0.25, 0.3) is 10.2 Å². The van der Waals surface area contributed by atoms with Gasteiger partial charge in [-0.25, -0.2) is 12.8 Å². The molecule has 1 amide bonds. The van der Waals surface area contributed by atoms with E-state index in [4.69, 9.17) is 18.0 Å². The maximum Gasteiger partial charge on any atom is 0.266 e. The Balaban J connectivity index is 1.72. The SMILES string of the molecule is C#CCn1c(=NC(=O)C2CCCN2S(=O)(=O)c2ccc(Cl)cc2)sc2cc(F)ccc21. The first kappa shape index (κ1) is 21.7. The van der Waals surface area contributed by atoms with Gasteiger partial charge in [-0.2, -0.15) is 9.30 Å². The summed E-state index contributed by atoms with van der Waals surface area (Å²) in [6.07, 6.45) is 6.36. The van der Waals surface area contributed by atoms with Crippen molar-refractivity contribution in [3.05, 3.63) is 58.1 Å². The Kier molecular flexibility index (Phi) is 5.99. The fourth-order valence-corrected chi connectivity index (χ4v) is 6.40. The summed E-state index contributed by atoms with van der Waals surface area (Å²) >= 11 is 6.99. The molecule has 1 aliphatic heterocycles. The van der Waals surface area contributed by atoms with E-state index in [1.165, 1.54) is 40.7 Å². The van der Waals surface area contributed by atoms with Gasteiger partial charge in [-0.15, -0.1) is 6.42 Å². The Hall–Kier alpha value is -2.51. The zero-order valence-corrected chi connectivity index (χ0v) is 18.6. The lowest BCUT2D eigenvalue weighted by atomic mass is 10.2. The minimum Gasteiger partial charge on any atom is -0.305 e. The molecular formula is C21H17ClFN3O3S2. The predicted octanol–water partition coefficient (Wildman–Crippen LogP) is 3.41. The number of aromatic nitrogens is 1. The highest BCUT2D eigenvalue weighted by molar-refractivity contribution is 7.89. The lowest BCUT2D eigenvalue weighted by Crippen LogP contribution is -2.40. The number of hydrogen-bond acceptors (Lipinski definition) is 4. The first-order valence-corrected chi connectivity index (χ1v) is 12.0. The van der Waals surface area contributed by atoms with Crippen molar-refractivity contribution in [2.24, 2.45) is 4.99 Å². The van der Waals surface area contributed by atoms with Gasteiger partial charge in [0.15, 0.2) is 4.80 Å². The van der Waals surface area contributed by atoms with E-state index in [0.29, 0.717) is 32.9 Å². The van der Waals surface area contributed by atoms with Crippen molar-refractivity contribution in [2.45, 2.75) is 30.3 Å². The van der Waals surface area contributed by atoms with Crippen LogP contribution in [-0.4, -0.2) is 35.8 Å². The van der Waals surface area contributed by atoms with Crippen LogP contribution in [0.2, 0.25) is 5.02 Å². The molecule has 31 heavy (non-hydrogen) atoms. The molecule has 1 fully saturated rings. The van der Waals surface area contributed by atoms with Crippen LogP contribution in [0.3, 0.4) is 0 Å². The monoisotopic (exact) mass is 477 g/mol. The summed E-state index contributed by atoms with van der Waals surface area (Å²) in [6.45, 7) is 0.369. The van der Waals surface area contributed by atoms with Gasteiger partial charge in [-0.1, -0.05) is 28.9 Å². The van der Waals surface area contributed by atoms with Crippen LogP contribution in [0.4, 0.5) is 4.39 Å². The van der Waals surface area contributed by atoms with Gasteiger partial charge in [-0.3, -0.25) is 4.79 Å². The third-order valence-corrected chi connectivity index (χ3v) is 8.22. The Bertz CT molecular complexity index is 1370. The molecule has 2 aromatic carbocycles. The molecule has 6 nitrogen and oxygen atoms in total. The van der Waals surface area contributed by atoms with E-state index in [2.05, 4.69) is 10.9 Å². The van der Waals surface area contributed by atoms with Crippen molar-refractivity contribution in [3.63, 3.8) is 0 Å². The maximum absolute atomic E-state index is 13.6. The van der Waals surface area contributed by atoms with Crippen LogP contribution in [-0.2, 0) is 21.4 Å². The molecule has 10 heteroatoms. The van der Waals surface area contributed by atoms with E-state index in [1.54, 1.807) is 10.6 Å². The van der Waals surface area contributed by atoms with E-state index in [-0.39, 0.29) is 18.0 Å². The second kappa shape index (κ2) is 8.55. The molecule has 1 saturated heterocycles. The first-order valence-electron chi connectivity index (χ1n) is 9.39. The predicted molar refractivity (Wildman–Crippen MR) is 118 cm³/mol. The fraction of sp³-hybridized carbons (Fsp3) is 0.238. The van der Waals surface area contributed by atoms with Crippen molar-refractivity contribution >= 4 is 49.1 Å². The van der Waals surface area contributed by atoms with Crippen molar-refractivity contribution in [3.8, 4) is 12.3 Å². The molecule has 1 aromatic heterocycles. The zero-order valence-electron chi connectivity index (χ0n) is 16.2. The van der Waals surface area contributed by atoms with E-state index in [1.807, 2.05) is 0 Å². The standard InChI is InChI=1S/C21H17ClFN3O3S2/c1-2-11-25-17-10-7-15(23)13-19(17)30-21(25)24-20(27)18-4-3-12-26(18)31(28,29)16-8-5-14(22)6-9-16/h1,5-10,13,18H,3-4,11-12H2. The Morgan fingerprint density at radius 3 is 2.74 bits per heavy atom. The molecule has 0 saturated carbocycles. The molecule has 1 unspecified atom stereocenters. The summed E-state index contributed by atoms with van der Waals surface area (Å²) in [6, 6.07) is 9.13. The summed E-state index contributed by atoms with van der Waals surface area (Å²) < 4.78 is 43.2. The molecule has 1 aliphatic rings. The van der Waals surface area contributed by atoms with Gasteiger partial charge in [0.25, 0.3) is 5.91 Å². The largest absolute Gasteiger partial charge is 0.305 e. The quantitative estimate of drug-likeness (QED) is 0.541. The second-order valence-corrected chi connectivity index (χ2v) is 10.3. The van der Waals surface area contributed by atoms with E-state index in [0.717, 1.165) is 11.3 Å². The van der Waals surface area contributed by atoms with Gasteiger partial charge in [0, 0.05) is 11.6 Å². The number of amides is 1.